The molecule has 0 spiro atoms. The van der Waals surface area contributed by atoms with Crippen LogP contribution in [-0.4, -0.2) is 18.0 Å². The van der Waals surface area contributed by atoms with Gasteiger partial charge in [0.1, 0.15) is 0 Å². The quantitative estimate of drug-likeness (QED) is 0.934. The first-order chi connectivity index (χ1) is 10.2. The first-order valence-electron chi connectivity index (χ1n) is 7.77. The lowest BCUT2D eigenvalue weighted by Gasteiger charge is -2.36. The van der Waals surface area contributed by atoms with Crippen LogP contribution in [0.5, 0.6) is 0 Å². The summed E-state index contributed by atoms with van der Waals surface area (Å²) in [6.45, 7) is 7.11. The molecule has 0 aliphatic carbocycles. The molecule has 0 fully saturated rings. The van der Waals surface area contributed by atoms with Crippen LogP contribution in [0, 0.1) is 13.8 Å². The van der Waals surface area contributed by atoms with Gasteiger partial charge >= 0.3 is 0 Å². The maximum Gasteiger partial charge on any atom is 0.0476 e. The van der Waals surface area contributed by atoms with Gasteiger partial charge in [-0.1, -0.05) is 48.0 Å². The van der Waals surface area contributed by atoms with Crippen LogP contribution in [0.25, 0.3) is 0 Å². The minimum Gasteiger partial charge on any atom is -0.329 e. The van der Waals surface area contributed by atoms with Crippen molar-refractivity contribution in [3.63, 3.8) is 0 Å². The van der Waals surface area contributed by atoms with E-state index in [1.165, 1.54) is 27.8 Å². The summed E-state index contributed by atoms with van der Waals surface area (Å²) in [6.07, 6.45) is 1.12. The third kappa shape index (κ3) is 2.87. The second kappa shape index (κ2) is 6.00. The summed E-state index contributed by atoms with van der Waals surface area (Å²) in [5, 5.41) is 0. The summed E-state index contributed by atoms with van der Waals surface area (Å²) < 4.78 is 0. The second-order valence-corrected chi connectivity index (χ2v) is 6.10. The smallest absolute Gasteiger partial charge is 0.0476 e. The standard InChI is InChI=1S/C19H24N2/c1-14-7-8-15(2)18(11-14)19(12-20)21-10-9-16-5-3-4-6-17(16)13-21/h3-8,11,19H,9-10,12-13,20H2,1-2H3. The molecule has 2 N–H and O–H groups in total. The Hall–Kier alpha value is -1.64. The molecule has 0 aromatic heterocycles. The zero-order chi connectivity index (χ0) is 14.8. The third-order valence-electron chi connectivity index (χ3n) is 4.62. The predicted molar refractivity (Wildman–Crippen MR) is 88.3 cm³/mol. The van der Waals surface area contributed by atoms with E-state index >= 15 is 0 Å². The van der Waals surface area contributed by atoms with E-state index in [9.17, 15) is 0 Å². The second-order valence-electron chi connectivity index (χ2n) is 6.10. The Kier molecular flexibility index (Phi) is 4.09. The molecule has 0 saturated heterocycles. The number of hydrogen-bond donors (Lipinski definition) is 1. The van der Waals surface area contributed by atoms with Gasteiger partial charge in [0.25, 0.3) is 0 Å². The molecular weight excluding hydrogens is 256 g/mol. The Balaban J connectivity index is 1.90. The summed E-state index contributed by atoms with van der Waals surface area (Å²) >= 11 is 0. The highest BCUT2D eigenvalue weighted by atomic mass is 15.2. The van der Waals surface area contributed by atoms with Crippen LogP contribution in [0.2, 0.25) is 0 Å². The lowest BCUT2D eigenvalue weighted by atomic mass is 9.93. The van der Waals surface area contributed by atoms with Crippen LogP contribution in [0.4, 0.5) is 0 Å². The highest BCUT2D eigenvalue weighted by molar-refractivity contribution is 5.35. The molecule has 1 aliphatic rings. The van der Waals surface area contributed by atoms with Crippen LogP contribution in [-0.2, 0) is 13.0 Å². The highest BCUT2D eigenvalue weighted by Gasteiger charge is 2.24. The Morgan fingerprint density at radius 2 is 1.86 bits per heavy atom. The number of nitrogens with two attached hydrogens (primary N) is 1. The van der Waals surface area contributed by atoms with E-state index in [-0.39, 0.29) is 0 Å². The Morgan fingerprint density at radius 3 is 2.62 bits per heavy atom. The first kappa shape index (κ1) is 14.3. The molecule has 0 radical (unpaired) electrons. The summed E-state index contributed by atoms with van der Waals surface area (Å²) in [5.41, 5.74) is 13.1. The maximum absolute atomic E-state index is 6.13. The van der Waals surface area contributed by atoms with Crippen molar-refractivity contribution in [2.24, 2.45) is 5.73 Å². The fourth-order valence-corrected chi connectivity index (χ4v) is 3.38. The number of aryl methyl sites for hydroxylation is 2. The number of hydrogen-bond acceptors (Lipinski definition) is 2. The maximum atomic E-state index is 6.13. The molecule has 21 heavy (non-hydrogen) atoms. The number of benzene rings is 2. The van der Waals surface area contributed by atoms with Gasteiger partial charge in [-0.05, 0) is 42.5 Å². The van der Waals surface area contributed by atoms with Gasteiger partial charge in [-0.3, -0.25) is 4.90 Å². The van der Waals surface area contributed by atoms with Gasteiger partial charge < -0.3 is 5.73 Å². The molecule has 2 aromatic rings. The van der Waals surface area contributed by atoms with Crippen molar-refractivity contribution in [3.05, 3.63) is 70.3 Å². The molecule has 1 atom stereocenters. The van der Waals surface area contributed by atoms with Crippen LogP contribution in [0.1, 0.15) is 33.9 Å². The van der Waals surface area contributed by atoms with Crippen molar-refractivity contribution in [2.45, 2.75) is 32.9 Å². The fraction of sp³-hybridized carbons (Fsp3) is 0.368. The SMILES string of the molecule is Cc1ccc(C)c(C(CN)N2CCc3ccccc3C2)c1. The van der Waals surface area contributed by atoms with E-state index in [0.717, 1.165) is 19.5 Å². The van der Waals surface area contributed by atoms with Gasteiger partial charge in [0, 0.05) is 25.7 Å². The number of nitrogens with zero attached hydrogens (tertiary/aromatic N) is 1. The number of fused-ring (bicyclic) bond motifs is 1. The zero-order valence-electron chi connectivity index (χ0n) is 13.0. The van der Waals surface area contributed by atoms with E-state index < -0.39 is 0 Å². The van der Waals surface area contributed by atoms with Gasteiger partial charge in [0.15, 0.2) is 0 Å². The number of rotatable bonds is 3. The molecule has 1 heterocycles. The van der Waals surface area contributed by atoms with Crippen molar-refractivity contribution in [1.29, 1.82) is 0 Å². The van der Waals surface area contributed by atoms with Crippen LogP contribution in [0.3, 0.4) is 0 Å². The summed E-state index contributed by atoms with van der Waals surface area (Å²) in [5.74, 6) is 0. The fourth-order valence-electron chi connectivity index (χ4n) is 3.38. The topological polar surface area (TPSA) is 29.3 Å². The third-order valence-corrected chi connectivity index (χ3v) is 4.62. The zero-order valence-corrected chi connectivity index (χ0v) is 13.0. The highest BCUT2D eigenvalue weighted by Crippen LogP contribution is 2.29. The summed E-state index contributed by atoms with van der Waals surface area (Å²) in [7, 11) is 0. The van der Waals surface area contributed by atoms with Gasteiger partial charge in [-0.15, -0.1) is 0 Å². The van der Waals surface area contributed by atoms with E-state index in [1.54, 1.807) is 0 Å². The lowest BCUT2D eigenvalue weighted by Crippen LogP contribution is -2.38. The monoisotopic (exact) mass is 280 g/mol. The van der Waals surface area contributed by atoms with Gasteiger partial charge in [-0.25, -0.2) is 0 Å². The Bertz CT molecular complexity index is 633. The summed E-state index contributed by atoms with van der Waals surface area (Å²) in [4.78, 5) is 2.53. The Labute approximate surface area is 127 Å². The lowest BCUT2D eigenvalue weighted by molar-refractivity contribution is 0.183. The minimum absolute atomic E-state index is 0.318. The summed E-state index contributed by atoms with van der Waals surface area (Å²) in [6, 6.07) is 15.8. The van der Waals surface area contributed by atoms with E-state index in [4.69, 9.17) is 5.73 Å². The molecule has 3 rings (SSSR count). The average Bonchev–Trinajstić information content (AvgIpc) is 2.51. The molecule has 0 bridgehead atoms. The molecule has 1 aliphatic heterocycles. The van der Waals surface area contributed by atoms with Crippen molar-refractivity contribution in [1.82, 2.24) is 4.90 Å². The predicted octanol–water partition coefficient (Wildman–Crippen LogP) is 3.36. The molecular formula is C19H24N2. The van der Waals surface area contributed by atoms with Crippen molar-refractivity contribution >= 4 is 0 Å². The van der Waals surface area contributed by atoms with E-state index in [1.807, 2.05) is 0 Å². The van der Waals surface area contributed by atoms with E-state index in [2.05, 4.69) is 61.2 Å². The molecule has 2 heteroatoms. The molecule has 2 aromatic carbocycles. The van der Waals surface area contributed by atoms with Crippen LogP contribution < -0.4 is 5.73 Å². The minimum atomic E-state index is 0.318. The van der Waals surface area contributed by atoms with Crippen molar-refractivity contribution in [2.75, 3.05) is 13.1 Å². The molecule has 1 unspecified atom stereocenters. The van der Waals surface area contributed by atoms with Crippen molar-refractivity contribution in [3.8, 4) is 0 Å². The van der Waals surface area contributed by atoms with Gasteiger partial charge in [-0.2, -0.15) is 0 Å². The van der Waals surface area contributed by atoms with Gasteiger partial charge in [0.05, 0.1) is 0 Å². The molecule has 2 nitrogen and oxygen atoms in total. The first-order valence-corrected chi connectivity index (χ1v) is 7.77. The van der Waals surface area contributed by atoms with Gasteiger partial charge in [0.2, 0.25) is 0 Å². The largest absolute Gasteiger partial charge is 0.329 e. The Morgan fingerprint density at radius 1 is 1.10 bits per heavy atom. The molecule has 0 amide bonds. The molecule has 0 saturated carbocycles. The van der Waals surface area contributed by atoms with Crippen LogP contribution >= 0.6 is 0 Å². The van der Waals surface area contributed by atoms with E-state index in [0.29, 0.717) is 12.6 Å². The normalized spacial score (nSPS) is 16.5. The van der Waals surface area contributed by atoms with Crippen LogP contribution in [0.15, 0.2) is 42.5 Å². The molecule has 110 valence electrons. The van der Waals surface area contributed by atoms with Crippen molar-refractivity contribution < 1.29 is 0 Å². The average molecular weight is 280 g/mol.